The average molecular weight is 223 g/mol. The molecular weight excluding hydrogens is 210 g/mol. The van der Waals surface area contributed by atoms with Crippen LogP contribution in [0.25, 0.3) is 0 Å². The molecule has 1 aromatic carbocycles. The molecule has 0 radical (unpaired) electrons. The average Bonchev–Trinajstić information content (AvgIpc) is 2.63. The van der Waals surface area contributed by atoms with Crippen LogP contribution in [0.5, 0.6) is 11.5 Å². The molecule has 0 saturated carbocycles. The van der Waals surface area contributed by atoms with Crippen LogP contribution in [0, 0.1) is 0 Å². The Morgan fingerprint density at radius 3 is 2.88 bits per heavy atom. The summed E-state index contributed by atoms with van der Waals surface area (Å²) in [6.07, 6.45) is 0.249. The van der Waals surface area contributed by atoms with Crippen LogP contribution in [0.3, 0.4) is 0 Å². The molecule has 5 nitrogen and oxygen atoms in total. The van der Waals surface area contributed by atoms with E-state index in [1.54, 1.807) is 18.2 Å². The van der Waals surface area contributed by atoms with Crippen molar-refractivity contribution in [2.24, 2.45) is 5.73 Å². The Bertz CT molecular complexity index is 428. The number of hydrogen-bond acceptors (Lipinski definition) is 4. The van der Waals surface area contributed by atoms with E-state index in [4.69, 9.17) is 20.3 Å². The number of carboxylic acids is 1. The van der Waals surface area contributed by atoms with E-state index in [2.05, 4.69) is 0 Å². The topological polar surface area (TPSA) is 81.8 Å². The summed E-state index contributed by atoms with van der Waals surface area (Å²) in [7, 11) is 0. The Kier molecular flexibility index (Phi) is 2.47. The van der Waals surface area contributed by atoms with Gasteiger partial charge in [-0.3, -0.25) is 4.79 Å². The van der Waals surface area contributed by atoms with Gasteiger partial charge in [0.1, 0.15) is 5.54 Å². The molecule has 86 valence electrons. The quantitative estimate of drug-likeness (QED) is 0.790. The maximum atomic E-state index is 10.9. The van der Waals surface area contributed by atoms with Gasteiger partial charge in [-0.15, -0.1) is 0 Å². The van der Waals surface area contributed by atoms with Crippen molar-refractivity contribution >= 4 is 5.97 Å². The number of aliphatic carboxylic acids is 1. The number of rotatable bonds is 3. The van der Waals surface area contributed by atoms with E-state index in [0.717, 1.165) is 5.56 Å². The molecule has 2 rings (SSSR count). The maximum Gasteiger partial charge on any atom is 0.323 e. The van der Waals surface area contributed by atoms with Crippen LogP contribution in [0.15, 0.2) is 18.2 Å². The van der Waals surface area contributed by atoms with E-state index in [0.29, 0.717) is 11.5 Å². The lowest BCUT2D eigenvalue weighted by atomic mass is 9.94. The van der Waals surface area contributed by atoms with Gasteiger partial charge in [-0.25, -0.2) is 0 Å². The SMILES string of the molecule is C[C@@](N)(Cc1ccc2c(c1)OCO2)C(=O)O. The Morgan fingerprint density at radius 1 is 1.50 bits per heavy atom. The van der Waals surface area contributed by atoms with E-state index >= 15 is 0 Å². The van der Waals surface area contributed by atoms with Crippen molar-refractivity contribution in [1.29, 1.82) is 0 Å². The summed E-state index contributed by atoms with van der Waals surface area (Å²) < 4.78 is 10.4. The van der Waals surface area contributed by atoms with Gasteiger partial charge in [-0.2, -0.15) is 0 Å². The first-order valence-corrected chi connectivity index (χ1v) is 4.90. The van der Waals surface area contributed by atoms with Crippen LogP contribution >= 0.6 is 0 Å². The van der Waals surface area contributed by atoms with Gasteiger partial charge >= 0.3 is 5.97 Å². The molecule has 0 unspecified atom stereocenters. The zero-order valence-corrected chi connectivity index (χ0v) is 8.90. The smallest absolute Gasteiger partial charge is 0.323 e. The third kappa shape index (κ3) is 1.94. The number of hydrogen-bond donors (Lipinski definition) is 2. The molecule has 1 aromatic rings. The highest BCUT2D eigenvalue weighted by molar-refractivity contribution is 5.78. The van der Waals surface area contributed by atoms with Crippen molar-refractivity contribution in [3.8, 4) is 11.5 Å². The highest BCUT2D eigenvalue weighted by Crippen LogP contribution is 2.33. The van der Waals surface area contributed by atoms with Crippen LogP contribution in [0.1, 0.15) is 12.5 Å². The highest BCUT2D eigenvalue weighted by Gasteiger charge is 2.28. The fraction of sp³-hybridized carbons (Fsp3) is 0.364. The monoisotopic (exact) mass is 223 g/mol. The van der Waals surface area contributed by atoms with Crippen LogP contribution in [0.4, 0.5) is 0 Å². The number of ether oxygens (including phenoxy) is 2. The first-order chi connectivity index (χ1) is 7.49. The van der Waals surface area contributed by atoms with Crippen molar-refractivity contribution < 1.29 is 19.4 Å². The standard InChI is InChI=1S/C11H13NO4/c1-11(12,10(13)14)5-7-2-3-8-9(4-7)16-6-15-8/h2-4H,5-6,12H2,1H3,(H,13,14)/t11-/m1/s1. The van der Waals surface area contributed by atoms with E-state index < -0.39 is 11.5 Å². The molecule has 0 aliphatic carbocycles. The molecule has 16 heavy (non-hydrogen) atoms. The van der Waals surface area contributed by atoms with Crippen LogP contribution in [-0.4, -0.2) is 23.4 Å². The zero-order valence-electron chi connectivity index (χ0n) is 8.90. The second-order valence-electron chi connectivity index (χ2n) is 4.09. The predicted molar refractivity (Wildman–Crippen MR) is 56.5 cm³/mol. The molecule has 0 aromatic heterocycles. The number of fused-ring (bicyclic) bond motifs is 1. The van der Waals surface area contributed by atoms with Gasteiger partial charge in [-0.05, 0) is 24.6 Å². The van der Waals surface area contributed by atoms with Crippen LogP contribution in [-0.2, 0) is 11.2 Å². The molecule has 0 saturated heterocycles. The van der Waals surface area contributed by atoms with Crippen molar-refractivity contribution in [3.63, 3.8) is 0 Å². The fourth-order valence-electron chi connectivity index (χ4n) is 1.55. The van der Waals surface area contributed by atoms with Crippen LogP contribution < -0.4 is 15.2 Å². The highest BCUT2D eigenvalue weighted by atomic mass is 16.7. The number of benzene rings is 1. The van der Waals surface area contributed by atoms with Crippen molar-refractivity contribution in [2.75, 3.05) is 6.79 Å². The summed E-state index contributed by atoms with van der Waals surface area (Å²) in [4.78, 5) is 10.9. The minimum absolute atomic E-state index is 0.206. The Labute approximate surface area is 92.8 Å². The van der Waals surface area contributed by atoms with E-state index in [1.807, 2.05) is 0 Å². The molecular formula is C11H13NO4. The van der Waals surface area contributed by atoms with Gasteiger partial charge in [0.05, 0.1) is 0 Å². The first-order valence-electron chi connectivity index (χ1n) is 4.90. The summed E-state index contributed by atoms with van der Waals surface area (Å²) in [5.41, 5.74) is 5.21. The van der Waals surface area contributed by atoms with Gasteiger partial charge in [0.15, 0.2) is 11.5 Å². The Morgan fingerprint density at radius 2 is 2.19 bits per heavy atom. The van der Waals surface area contributed by atoms with E-state index in [9.17, 15) is 4.79 Å². The van der Waals surface area contributed by atoms with Gasteiger partial charge in [-0.1, -0.05) is 6.07 Å². The number of carbonyl (C=O) groups is 1. The lowest BCUT2D eigenvalue weighted by Gasteiger charge is -2.19. The van der Waals surface area contributed by atoms with Gasteiger partial charge in [0.2, 0.25) is 6.79 Å². The second-order valence-corrected chi connectivity index (χ2v) is 4.09. The van der Waals surface area contributed by atoms with Gasteiger partial charge in [0, 0.05) is 6.42 Å². The molecule has 0 bridgehead atoms. The Hall–Kier alpha value is -1.75. The fourth-order valence-corrected chi connectivity index (χ4v) is 1.55. The molecule has 0 fully saturated rings. The largest absolute Gasteiger partial charge is 0.480 e. The lowest BCUT2D eigenvalue weighted by molar-refractivity contribution is -0.142. The molecule has 1 aliphatic heterocycles. The molecule has 1 heterocycles. The molecule has 1 atom stereocenters. The van der Waals surface area contributed by atoms with Crippen LogP contribution in [0.2, 0.25) is 0 Å². The summed E-state index contributed by atoms with van der Waals surface area (Å²) in [6, 6.07) is 5.31. The van der Waals surface area contributed by atoms with E-state index in [-0.39, 0.29) is 13.2 Å². The van der Waals surface area contributed by atoms with Gasteiger partial charge in [0.25, 0.3) is 0 Å². The summed E-state index contributed by atoms with van der Waals surface area (Å²) in [5, 5.41) is 8.92. The first kappa shape index (κ1) is 10.8. The minimum atomic E-state index is -1.27. The van der Waals surface area contributed by atoms with Crippen molar-refractivity contribution in [2.45, 2.75) is 18.9 Å². The molecule has 0 amide bonds. The minimum Gasteiger partial charge on any atom is -0.480 e. The number of carboxylic acid groups (broad SMARTS) is 1. The molecule has 1 aliphatic rings. The molecule has 3 N–H and O–H groups in total. The maximum absolute atomic E-state index is 10.9. The van der Waals surface area contributed by atoms with Crippen molar-refractivity contribution in [3.05, 3.63) is 23.8 Å². The third-order valence-electron chi connectivity index (χ3n) is 2.50. The Balaban J connectivity index is 2.20. The predicted octanol–water partition coefficient (Wildman–Crippen LogP) is 0.760. The second kappa shape index (κ2) is 3.68. The number of nitrogens with two attached hydrogens (primary N) is 1. The van der Waals surface area contributed by atoms with E-state index in [1.165, 1.54) is 6.92 Å². The normalized spacial score (nSPS) is 16.9. The summed E-state index contributed by atoms with van der Waals surface area (Å²) >= 11 is 0. The van der Waals surface area contributed by atoms with Crippen molar-refractivity contribution in [1.82, 2.24) is 0 Å². The summed E-state index contributed by atoms with van der Waals surface area (Å²) in [6.45, 7) is 1.69. The van der Waals surface area contributed by atoms with Gasteiger partial charge < -0.3 is 20.3 Å². The third-order valence-corrected chi connectivity index (χ3v) is 2.50. The molecule has 0 spiro atoms. The molecule has 5 heteroatoms. The zero-order chi connectivity index (χ0) is 11.8. The lowest BCUT2D eigenvalue weighted by Crippen LogP contribution is -2.46. The summed E-state index contributed by atoms with van der Waals surface area (Å²) in [5.74, 6) is 0.293.